The van der Waals surface area contributed by atoms with Gasteiger partial charge < -0.3 is 19.4 Å². The monoisotopic (exact) mass is 458 g/mol. The van der Waals surface area contributed by atoms with Crippen molar-refractivity contribution in [2.24, 2.45) is 7.05 Å². The highest BCUT2D eigenvalue weighted by Gasteiger charge is 2.27. The predicted octanol–water partition coefficient (Wildman–Crippen LogP) is 2.01. The molecule has 170 valence electrons. The van der Waals surface area contributed by atoms with E-state index in [1.54, 1.807) is 48.3 Å². The van der Waals surface area contributed by atoms with Crippen LogP contribution in [0.1, 0.15) is 24.4 Å². The highest BCUT2D eigenvalue weighted by Crippen LogP contribution is 2.24. The van der Waals surface area contributed by atoms with Crippen LogP contribution >= 0.6 is 0 Å². The third-order valence-electron chi connectivity index (χ3n) is 4.93. The molecule has 1 aromatic heterocycles. The Hall–Kier alpha value is -3.37. The van der Waals surface area contributed by atoms with Crippen LogP contribution in [0.15, 0.2) is 65.8 Å². The van der Waals surface area contributed by atoms with E-state index in [1.807, 2.05) is 19.2 Å². The summed E-state index contributed by atoms with van der Waals surface area (Å²) in [7, 11) is 0.961. The fourth-order valence-corrected chi connectivity index (χ4v) is 4.35. The second kappa shape index (κ2) is 9.84. The quantitative estimate of drug-likeness (QED) is 0.507. The average Bonchev–Trinajstić information content (AvgIpc) is 3.22. The molecule has 2 atom stereocenters. The molecule has 9 nitrogen and oxygen atoms in total. The lowest BCUT2D eigenvalue weighted by Gasteiger charge is -2.22. The number of imidazole rings is 1. The van der Waals surface area contributed by atoms with E-state index < -0.39 is 28.0 Å². The first-order valence-corrected chi connectivity index (χ1v) is 11.3. The number of ether oxygens (including phenoxy) is 2. The van der Waals surface area contributed by atoms with E-state index in [9.17, 15) is 13.2 Å². The van der Waals surface area contributed by atoms with Gasteiger partial charge in [0.05, 0.1) is 25.2 Å². The molecule has 0 fully saturated rings. The van der Waals surface area contributed by atoms with Crippen molar-refractivity contribution in [3.05, 3.63) is 72.3 Å². The third kappa shape index (κ3) is 5.27. The maximum atomic E-state index is 13.0. The number of carbonyl (C=O) groups is 1. The molecule has 0 aliphatic heterocycles. The number of amides is 1. The maximum absolute atomic E-state index is 13.0. The molecule has 0 bridgehead atoms. The summed E-state index contributed by atoms with van der Waals surface area (Å²) < 4.78 is 40.0. The number of carbonyl (C=O) groups excluding carboxylic acids is 1. The van der Waals surface area contributed by atoms with Gasteiger partial charge >= 0.3 is 0 Å². The number of methoxy groups -OCH3 is 2. The van der Waals surface area contributed by atoms with Gasteiger partial charge in [0.25, 0.3) is 0 Å². The van der Waals surface area contributed by atoms with Gasteiger partial charge in [-0.25, -0.2) is 13.4 Å². The second-order valence-electron chi connectivity index (χ2n) is 7.13. The van der Waals surface area contributed by atoms with E-state index in [0.717, 1.165) is 5.56 Å². The van der Waals surface area contributed by atoms with Gasteiger partial charge in [-0.05, 0) is 48.9 Å². The fraction of sp³-hybridized carbons (Fsp3) is 0.273. The molecule has 2 aromatic carbocycles. The SMILES string of the molecule is COc1ccc(S(=O)(=O)N[C@@H](C)C(=O)NC(c2cccc(OC)c2)c2nccn2C)cc1. The molecular formula is C22H26N4O5S. The molecule has 0 saturated carbocycles. The summed E-state index contributed by atoms with van der Waals surface area (Å²) in [6.45, 7) is 1.48. The summed E-state index contributed by atoms with van der Waals surface area (Å²) in [5.41, 5.74) is 0.747. The van der Waals surface area contributed by atoms with Crippen LogP contribution in [0.4, 0.5) is 0 Å². The highest BCUT2D eigenvalue weighted by molar-refractivity contribution is 7.89. The molecule has 1 unspecified atom stereocenters. The summed E-state index contributed by atoms with van der Waals surface area (Å²) in [5.74, 6) is 1.25. The molecule has 2 N–H and O–H groups in total. The second-order valence-corrected chi connectivity index (χ2v) is 8.85. The van der Waals surface area contributed by atoms with Crippen molar-refractivity contribution in [1.29, 1.82) is 0 Å². The summed E-state index contributed by atoms with van der Waals surface area (Å²) in [6, 6.07) is 11.5. The Morgan fingerprint density at radius 3 is 2.34 bits per heavy atom. The predicted molar refractivity (Wildman–Crippen MR) is 119 cm³/mol. The van der Waals surface area contributed by atoms with E-state index >= 15 is 0 Å². The van der Waals surface area contributed by atoms with Crippen molar-refractivity contribution in [1.82, 2.24) is 19.6 Å². The van der Waals surface area contributed by atoms with Crippen molar-refractivity contribution in [3.63, 3.8) is 0 Å². The zero-order valence-corrected chi connectivity index (χ0v) is 19.1. The largest absolute Gasteiger partial charge is 0.497 e. The third-order valence-corrected chi connectivity index (χ3v) is 6.48. The standard InChI is InChI=1S/C22H26N4O5S/c1-15(25-32(28,29)19-10-8-17(30-3)9-11-19)22(27)24-20(21-23-12-13-26(21)2)16-6-5-7-18(14-16)31-4/h5-15,20,25H,1-4H3,(H,24,27)/t15-,20?/m0/s1. The smallest absolute Gasteiger partial charge is 0.241 e. The van der Waals surface area contributed by atoms with Crippen molar-refractivity contribution in [3.8, 4) is 11.5 Å². The van der Waals surface area contributed by atoms with Crippen LogP contribution in [0.2, 0.25) is 0 Å². The fourth-order valence-electron chi connectivity index (χ4n) is 3.15. The Labute approximate surface area is 187 Å². The lowest BCUT2D eigenvalue weighted by Crippen LogP contribution is -2.46. The minimum absolute atomic E-state index is 0.0337. The van der Waals surface area contributed by atoms with Gasteiger partial charge in [-0.2, -0.15) is 4.72 Å². The van der Waals surface area contributed by atoms with Gasteiger partial charge in [0.1, 0.15) is 23.4 Å². The van der Waals surface area contributed by atoms with Crippen molar-refractivity contribution in [2.75, 3.05) is 14.2 Å². The van der Waals surface area contributed by atoms with Crippen molar-refractivity contribution < 1.29 is 22.7 Å². The van der Waals surface area contributed by atoms with Gasteiger partial charge in [0.2, 0.25) is 15.9 Å². The van der Waals surface area contributed by atoms with E-state index in [2.05, 4.69) is 15.0 Å². The van der Waals surface area contributed by atoms with Gasteiger partial charge in [-0.1, -0.05) is 12.1 Å². The molecule has 0 aliphatic rings. The number of hydrogen-bond acceptors (Lipinski definition) is 6. The average molecular weight is 459 g/mol. The topological polar surface area (TPSA) is 112 Å². The number of rotatable bonds is 9. The first-order valence-electron chi connectivity index (χ1n) is 9.83. The first kappa shape index (κ1) is 23.3. The normalized spacial score (nSPS) is 13.2. The van der Waals surface area contributed by atoms with E-state index in [1.165, 1.54) is 26.2 Å². The molecule has 0 saturated heterocycles. The summed E-state index contributed by atoms with van der Waals surface area (Å²) >= 11 is 0. The molecule has 0 spiro atoms. The van der Waals surface area contributed by atoms with Gasteiger partial charge in [0.15, 0.2) is 0 Å². The molecule has 0 aliphatic carbocycles. The molecule has 10 heteroatoms. The summed E-state index contributed by atoms with van der Waals surface area (Å²) in [4.78, 5) is 17.4. The summed E-state index contributed by atoms with van der Waals surface area (Å²) in [5, 5.41) is 2.90. The van der Waals surface area contributed by atoms with Gasteiger partial charge in [-0.15, -0.1) is 0 Å². The zero-order valence-electron chi connectivity index (χ0n) is 18.3. The minimum Gasteiger partial charge on any atom is -0.497 e. The summed E-state index contributed by atoms with van der Waals surface area (Å²) in [6.07, 6.45) is 3.40. The Balaban J connectivity index is 1.81. The molecule has 3 aromatic rings. The lowest BCUT2D eigenvalue weighted by molar-refractivity contribution is -0.122. The number of benzene rings is 2. The van der Waals surface area contributed by atoms with Crippen molar-refractivity contribution >= 4 is 15.9 Å². The Kier molecular flexibility index (Phi) is 7.16. The van der Waals surface area contributed by atoms with Gasteiger partial charge in [-0.3, -0.25) is 4.79 Å². The van der Waals surface area contributed by atoms with Crippen LogP contribution in [0.25, 0.3) is 0 Å². The number of sulfonamides is 1. The van der Waals surface area contributed by atoms with E-state index in [4.69, 9.17) is 9.47 Å². The molecule has 32 heavy (non-hydrogen) atoms. The zero-order chi connectivity index (χ0) is 23.3. The Morgan fingerprint density at radius 2 is 1.75 bits per heavy atom. The van der Waals surface area contributed by atoms with Crippen LogP contribution in [-0.4, -0.2) is 44.1 Å². The molecule has 3 rings (SSSR count). The number of hydrogen-bond donors (Lipinski definition) is 2. The van der Waals surface area contributed by atoms with E-state index in [0.29, 0.717) is 17.3 Å². The van der Waals surface area contributed by atoms with E-state index in [-0.39, 0.29) is 4.90 Å². The maximum Gasteiger partial charge on any atom is 0.241 e. The Morgan fingerprint density at radius 1 is 1.06 bits per heavy atom. The molecule has 0 radical (unpaired) electrons. The van der Waals surface area contributed by atoms with Crippen molar-refractivity contribution in [2.45, 2.75) is 23.9 Å². The molecule has 1 amide bonds. The number of nitrogens with zero attached hydrogens (tertiary/aromatic N) is 2. The van der Waals surface area contributed by atoms with Crippen LogP contribution in [0, 0.1) is 0 Å². The lowest BCUT2D eigenvalue weighted by atomic mass is 10.1. The first-order chi connectivity index (χ1) is 15.2. The van der Waals surface area contributed by atoms with Gasteiger partial charge in [0, 0.05) is 19.4 Å². The van der Waals surface area contributed by atoms with Crippen LogP contribution in [0.3, 0.4) is 0 Å². The minimum atomic E-state index is -3.91. The van der Waals surface area contributed by atoms with Crippen LogP contribution < -0.4 is 19.5 Å². The number of aromatic nitrogens is 2. The van der Waals surface area contributed by atoms with Crippen LogP contribution in [0.5, 0.6) is 11.5 Å². The highest BCUT2D eigenvalue weighted by atomic mass is 32.2. The van der Waals surface area contributed by atoms with Crippen LogP contribution in [-0.2, 0) is 21.9 Å². The number of aryl methyl sites for hydroxylation is 1. The molecular weight excluding hydrogens is 432 g/mol. The Bertz CT molecular complexity index is 1180. The number of nitrogens with one attached hydrogen (secondary N) is 2. The molecule has 1 heterocycles.